The second kappa shape index (κ2) is 3.26. The molecule has 1 aliphatic heterocycles. The number of carboxylic acids is 1. The molecular weight excluding hydrogens is 226 g/mol. The summed E-state index contributed by atoms with van der Waals surface area (Å²) in [5.74, 6) is -1.00. The molecular formula is C7H8BrNO3. The van der Waals surface area contributed by atoms with Crippen molar-refractivity contribution in [1.29, 1.82) is 0 Å². The lowest BCUT2D eigenvalue weighted by Gasteiger charge is -2.33. The molecule has 4 nitrogen and oxygen atoms in total. The molecule has 1 aliphatic rings. The lowest BCUT2D eigenvalue weighted by Crippen LogP contribution is -2.44. The van der Waals surface area contributed by atoms with Crippen LogP contribution in [0.1, 0.15) is 6.92 Å². The number of aliphatic carboxylic acids is 1. The van der Waals surface area contributed by atoms with Gasteiger partial charge >= 0.3 is 5.97 Å². The third-order valence-corrected chi connectivity index (χ3v) is 2.61. The van der Waals surface area contributed by atoms with Crippen molar-refractivity contribution in [2.75, 3.05) is 13.1 Å². The topological polar surface area (TPSA) is 57.6 Å². The highest BCUT2D eigenvalue weighted by Crippen LogP contribution is 2.22. The molecule has 0 radical (unpaired) electrons. The van der Waals surface area contributed by atoms with E-state index in [0.717, 1.165) is 5.57 Å². The molecule has 1 heterocycles. The van der Waals surface area contributed by atoms with Gasteiger partial charge in [-0.1, -0.05) is 0 Å². The van der Waals surface area contributed by atoms with E-state index in [2.05, 4.69) is 15.9 Å². The largest absolute Gasteiger partial charge is 0.477 e. The van der Waals surface area contributed by atoms with Crippen LogP contribution in [0, 0.1) is 0 Å². The molecule has 12 heavy (non-hydrogen) atoms. The lowest BCUT2D eigenvalue weighted by molar-refractivity contribution is -0.133. The van der Waals surface area contributed by atoms with Crippen LogP contribution < -0.4 is 0 Å². The maximum absolute atomic E-state index is 10.7. The van der Waals surface area contributed by atoms with E-state index in [-0.39, 0.29) is 10.4 Å². The predicted molar refractivity (Wildman–Crippen MR) is 45.8 cm³/mol. The molecule has 1 N–H and O–H groups in total. The Morgan fingerprint density at radius 2 is 2.00 bits per heavy atom. The molecule has 0 unspecified atom stereocenters. The maximum atomic E-state index is 10.7. The Labute approximate surface area is 78.0 Å². The fourth-order valence-electron chi connectivity index (χ4n) is 0.927. The van der Waals surface area contributed by atoms with Crippen LogP contribution in [-0.2, 0) is 9.59 Å². The van der Waals surface area contributed by atoms with E-state index in [1.165, 1.54) is 6.92 Å². The molecule has 0 aromatic heterocycles. The summed E-state index contributed by atoms with van der Waals surface area (Å²) in [6.45, 7) is 2.33. The van der Waals surface area contributed by atoms with Gasteiger partial charge in [-0.25, -0.2) is 4.79 Å². The standard InChI is InChI=1S/C7H8BrNO3/c1-4(10)9-2-5(3-9)6(8)7(11)12/h2-3H2,1H3,(H,11,12). The summed E-state index contributed by atoms with van der Waals surface area (Å²) in [6, 6.07) is 0. The molecule has 0 aromatic rings. The highest BCUT2D eigenvalue weighted by molar-refractivity contribution is 9.12. The molecule has 0 saturated carbocycles. The number of hydrogen-bond acceptors (Lipinski definition) is 2. The Morgan fingerprint density at radius 1 is 1.50 bits per heavy atom. The first-order valence-electron chi connectivity index (χ1n) is 3.38. The summed E-state index contributed by atoms with van der Waals surface area (Å²) in [7, 11) is 0. The van der Waals surface area contributed by atoms with Crippen LogP contribution >= 0.6 is 15.9 Å². The van der Waals surface area contributed by atoms with Crippen molar-refractivity contribution >= 4 is 27.8 Å². The van der Waals surface area contributed by atoms with E-state index >= 15 is 0 Å². The molecule has 66 valence electrons. The van der Waals surface area contributed by atoms with Gasteiger partial charge in [0, 0.05) is 20.0 Å². The van der Waals surface area contributed by atoms with Crippen LogP contribution in [0.2, 0.25) is 0 Å². The summed E-state index contributed by atoms with van der Waals surface area (Å²) < 4.78 is 0.181. The van der Waals surface area contributed by atoms with Crippen molar-refractivity contribution < 1.29 is 14.7 Å². The minimum absolute atomic E-state index is 0.0237. The van der Waals surface area contributed by atoms with Gasteiger partial charge in [-0.3, -0.25) is 4.79 Å². The first-order valence-corrected chi connectivity index (χ1v) is 4.18. The van der Waals surface area contributed by atoms with Crippen molar-refractivity contribution in [2.45, 2.75) is 6.92 Å². The number of amides is 1. The monoisotopic (exact) mass is 233 g/mol. The van der Waals surface area contributed by atoms with E-state index in [1.54, 1.807) is 4.90 Å². The molecule has 0 atom stereocenters. The zero-order chi connectivity index (χ0) is 9.30. The Balaban J connectivity index is 2.59. The Hall–Kier alpha value is -0.840. The number of carbonyl (C=O) groups is 2. The SMILES string of the molecule is CC(=O)N1CC(=C(Br)C(=O)O)C1. The van der Waals surface area contributed by atoms with Gasteiger partial charge in [0.25, 0.3) is 0 Å². The normalized spacial score (nSPS) is 15.5. The number of nitrogens with zero attached hydrogens (tertiary/aromatic N) is 1. The van der Waals surface area contributed by atoms with Crippen molar-refractivity contribution in [3.63, 3.8) is 0 Å². The second-order valence-corrected chi connectivity index (χ2v) is 3.39. The maximum Gasteiger partial charge on any atom is 0.342 e. The van der Waals surface area contributed by atoms with Crippen molar-refractivity contribution in [2.24, 2.45) is 0 Å². The van der Waals surface area contributed by atoms with Crippen LogP contribution in [0.3, 0.4) is 0 Å². The second-order valence-electron chi connectivity index (χ2n) is 2.60. The quantitative estimate of drug-likeness (QED) is 0.675. The Kier molecular flexibility index (Phi) is 2.52. The van der Waals surface area contributed by atoms with E-state index in [4.69, 9.17) is 5.11 Å². The van der Waals surface area contributed by atoms with Crippen molar-refractivity contribution in [3.8, 4) is 0 Å². The number of hydrogen-bond donors (Lipinski definition) is 1. The van der Waals surface area contributed by atoms with Crippen LogP contribution in [0.25, 0.3) is 0 Å². The lowest BCUT2D eigenvalue weighted by atomic mass is 10.1. The predicted octanol–water partition coefficient (Wildman–Crippen LogP) is 0.582. The Morgan fingerprint density at radius 3 is 2.33 bits per heavy atom. The first kappa shape index (κ1) is 9.25. The highest BCUT2D eigenvalue weighted by atomic mass is 79.9. The van der Waals surface area contributed by atoms with Crippen LogP contribution in [0.5, 0.6) is 0 Å². The minimum atomic E-state index is -0.979. The van der Waals surface area contributed by atoms with Gasteiger partial charge < -0.3 is 10.0 Å². The third-order valence-electron chi connectivity index (χ3n) is 1.71. The Bertz CT molecular complexity index is 264. The third kappa shape index (κ3) is 1.66. The number of carboxylic acid groups (broad SMARTS) is 1. The molecule has 1 amide bonds. The molecule has 1 fully saturated rings. The number of likely N-dealkylation sites (tertiary alicyclic amines) is 1. The molecule has 0 bridgehead atoms. The zero-order valence-electron chi connectivity index (χ0n) is 6.50. The molecule has 1 saturated heterocycles. The molecule has 0 spiro atoms. The highest BCUT2D eigenvalue weighted by Gasteiger charge is 2.26. The van der Waals surface area contributed by atoms with Gasteiger partial charge in [0.15, 0.2) is 0 Å². The minimum Gasteiger partial charge on any atom is -0.477 e. The van der Waals surface area contributed by atoms with E-state index in [1.807, 2.05) is 0 Å². The van der Waals surface area contributed by atoms with E-state index in [0.29, 0.717) is 13.1 Å². The van der Waals surface area contributed by atoms with Gasteiger partial charge in [0.1, 0.15) is 4.48 Å². The summed E-state index contributed by atoms with van der Waals surface area (Å²) in [5.41, 5.74) is 0.762. The number of halogens is 1. The average Bonchev–Trinajstić information content (AvgIpc) is 1.82. The molecule has 1 rings (SSSR count). The fourth-order valence-corrected chi connectivity index (χ4v) is 1.18. The van der Waals surface area contributed by atoms with Crippen LogP contribution in [-0.4, -0.2) is 35.0 Å². The van der Waals surface area contributed by atoms with Crippen molar-refractivity contribution in [3.05, 3.63) is 10.1 Å². The summed E-state index contributed by atoms with van der Waals surface area (Å²) >= 11 is 2.94. The van der Waals surface area contributed by atoms with Crippen LogP contribution in [0.15, 0.2) is 10.1 Å². The molecule has 5 heteroatoms. The van der Waals surface area contributed by atoms with Crippen molar-refractivity contribution in [1.82, 2.24) is 4.90 Å². The van der Waals surface area contributed by atoms with Crippen LogP contribution in [0.4, 0.5) is 0 Å². The number of carbonyl (C=O) groups excluding carboxylic acids is 1. The molecule has 0 aromatic carbocycles. The summed E-state index contributed by atoms with van der Waals surface area (Å²) in [5, 5.41) is 8.53. The van der Waals surface area contributed by atoms with Gasteiger partial charge in [0.05, 0.1) is 0 Å². The van der Waals surface area contributed by atoms with Gasteiger partial charge in [-0.15, -0.1) is 0 Å². The van der Waals surface area contributed by atoms with Gasteiger partial charge in [-0.05, 0) is 21.5 Å². The van der Waals surface area contributed by atoms with Gasteiger partial charge in [-0.2, -0.15) is 0 Å². The average molecular weight is 234 g/mol. The zero-order valence-corrected chi connectivity index (χ0v) is 8.09. The van der Waals surface area contributed by atoms with Gasteiger partial charge in [0.2, 0.25) is 5.91 Å². The molecule has 0 aliphatic carbocycles. The first-order chi connectivity index (χ1) is 5.52. The summed E-state index contributed by atoms with van der Waals surface area (Å²) in [6.07, 6.45) is 0. The summed E-state index contributed by atoms with van der Waals surface area (Å²) in [4.78, 5) is 22.7. The number of rotatable bonds is 1. The van der Waals surface area contributed by atoms with E-state index in [9.17, 15) is 9.59 Å². The fraction of sp³-hybridized carbons (Fsp3) is 0.429. The smallest absolute Gasteiger partial charge is 0.342 e. The van der Waals surface area contributed by atoms with E-state index < -0.39 is 5.97 Å².